The summed E-state index contributed by atoms with van der Waals surface area (Å²) in [4.78, 5) is 15.0. The molecule has 0 unspecified atom stereocenters. The van der Waals surface area contributed by atoms with E-state index in [9.17, 15) is 26.3 Å². The molecule has 0 aliphatic rings. The Labute approximate surface area is 240 Å². The van der Waals surface area contributed by atoms with Crippen LogP contribution < -0.4 is 16.9 Å². The minimum atomic E-state index is -4.53. The molecule has 0 fully saturated rings. The smallest absolute Gasteiger partial charge is 0.423 e. The van der Waals surface area contributed by atoms with Crippen molar-refractivity contribution in [1.82, 2.24) is 19.9 Å². The van der Waals surface area contributed by atoms with Crippen LogP contribution in [0.3, 0.4) is 0 Å². The number of aryl methyl sites for hydroxylation is 2. The second-order valence-electron chi connectivity index (χ2n) is 7.96. The molecule has 0 aliphatic carbocycles. The topological polar surface area (TPSA) is 144 Å². The number of aromatic nitrogens is 4. The summed E-state index contributed by atoms with van der Waals surface area (Å²) in [6.07, 6.45) is -6.60. The molecule has 0 saturated heterocycles. The first-order chi connectivity index (χ1) is 18.5. The van der Waals surface area contributed by atoms with Crippen molar-refractivity contribution in [2.24, 2.45) is 0 Å². The molecule has 0 aliphatic heterocycles. The predicted octanol–water partition coefficient (Wildman–Crippen LogP) is 5.20. The Morgan fingerprint density at radius 2 is 1.24 bits per heavy atom. The molecular weight excluding hydrogens is 621 g/mol. The van der Waals surface area contributed by atoms with Gasteiger partial charge in [0.15, 0.2) is 0 Å². The van der Waals surface area contributed by atoms with Gasteiger partial charge in [-0.3, -0.25) is 9.97 Å². The van der Waals surface area contributed by atoms with Crippen LogP contribution in [0.1, 0.15) is 29.9 Å². The van der Waals surface area contributed by atoms with Crippen molar-refractivity contribution in [3.8, 4) is 11.3 Å². The second-order valence-corrected chi connectivity index (χ2v) is 8.77. The molecule has 4 aromatic heterocycles. The fourth-order valence-electron chi connectivity index (χ4n) is 2.97. The first kappa shape index (κ1) is 35.3. The summed E-state index contributed by atoms with van der Waals surface area (Å²) in [5.74, 6) is 0.793. The summed E-state index contributed by atoms with van der Waals surface area (Å²) in [5.41, 5.74) is 9.23. The number of alkyl halides is 6. The zero-order valence-electron chi connectivity index (χ0n) is 20.8. The van der Waals surface area contributed by atoms with Crippen molar-refractivity contribution < 1.29 is 36.4 Å². The lowest BCUT2D eigenvalue weighted by atomic mass is 9.80. The number of halogens is 7. The van der Waals surface area contributed by atoms with Crippen molar-refractivity contribution in [2.45, 2.75) is 33.6 Å². The maximum atomic E-state index is 12.7. The van der Waals surface area contributed by atoms with Gasteiger partial charge in [0.1, 0.15) is 16.2 Å². The average Bonchev–Trinajstić information content (AvgIpc) is 2.84. The summed E-state index contributed by atoms with van der Waals surface area (Å²) in [6, 6.07) is 11.9. The molecule has 0 saturated carbocycles. The first-order valence-electron chi connectivity index (χ1n) is 11.0. The molecule has 0 atom stereocenters. The number of hydrogen-bond donors (Lipinski definition) is 4. The largest absolute Gasteiger partial charge is 0.490 e. The number of rotatable bonds is 2. The van der Waals surface area contributed by atoms with E-state index >= 15 is 0 Å². The number of anilines is 2. The molecule has 4 aromatic rings. The van der Waals surface area contributed by atoms with Crippen molar-refractivity contribution in [3.63, 3.8) is 0 Å². The molecule has 4 rings (SSSR count). The number of nitrogen functional groups attached to an aromatic ring is 2. The second kappa shape index (κ2) is 14.8. The van der Waals surface area contributed by atoms with Crippen LogP contribution in [-0.2, 0) is 12.4 Å². The molecular formula is C25H26BBrF6N6O2. The quantitative estimate of drug-likeness (QED) is 0.132. The van der Waals surface area contributed by atoms with E-state index in [2.05, 4.69) is 35.9 Å². The lowest BCUT2D eigenvalue weighted by Crippen LogP contribution is -2.31. The van der Waals surface area contributed by atoms with Crippen LogP contribution in [0, 0.1) is 13.8 Å². The van der Waals surface area contributed by atoms with Gasteiger partial charge in [0.25, 0.3) is 0 Å². The van der Waals surface area contributed by atoms with E-state index in [1.165, 1.54) is 20.0 Å². The Hall–Kier alpha value is -3.76. The van der Waals surface area contributed by atoms with E-state index in [0.717, 1.165) is 16.9 Å². The molecule has 0 spiro atoms. The molecule has 6 N–H and O–H groups in total. The van der Waals surface area contributed by atoms with Crippen LogP contribution in [0.25, 0.3) is 11.3 Å². The fourth-order valence-corrected chi connectivity index (χ4v) is 3.33. The predicted molar refractivity (Wildman–Crippen MR) is 149 cm³/mol. The van der Waals surface area contributed by atoms with Gasteiger partial charge in [0, 0.05) is 34.8 Å². The van der Waals surface area contributed by atoms with Gasteiger partial charge in [-0.1, -0.05) is 19.6 Å². The lowest BCUT2D eigenvalue weighted by molar-refractivity contribution is -0.139. The van der Waals surface area contributed by atoms with Gasteiger partial charge < -0.3 is 21.5 Å². The van der Waals surface area contributed by atoms with E-state index < -0.39 is 30.6 Å². The highest BCUT2D eigenvalue weighted by Crippen LogP contribution is 2.33. The van der Waals surface area contributed by atoms with Crippen LogP contribution >= 0.6 is 15.9 Å². The van der Waals surface area contributed by atoms with Crippen molar-refractivity contribution in [2.75, 3.05) is 11.5 Å². The molecule has 220 valence electrons. The highest BCUT2D eigenvalue weighted by Gasteiger charge is 2.34. The maximum absolute atomic E-state index is 12.7. The fraction of sp³-hybridized carbons (Fsp3) is 0.200. The van der Waals surface area contributed by atoms with Crippen molar-refractivity contribution in [3.05, 3.63) is 88.0 Å². The summed E-state index contributed by atoms with van der Waals surface area (Å²) in [6.45, 7) is 2.52. The van der Waals surface area contributed by atoms with Crippen LogP contribution in [0.5, 0.6) is 0 Å². The Bertz CT molecular complexity index is 1420. The van der Waals surface area contributed by atoms with E-state index in [4.69, 9.17) is 21.5 Å². The van der Waals surface area contributed by atoms with Crippen molar-refractivity contribution in [1.29, 1.82) is 0 Å². The van der Waals surface area contributed by atoms with Crippen LogP contribution in [-0.4, -0.2) is 37.1 Å². The van der Waals surface area contributed by atoms with Gasteiger partial charge in [0.2, 0.25) is 0 Å². The molecule has 0 aromatic carbocycles. The number of hydrogen-bond acceptors (Lipinski definition) is 8. The van der Waals surface area contributed by atoms with Gasteiger partial charge >= 0.3 is 19.5 Å². The number of nitrogens with two attached hydrogens (primary N) is 2. The number of pyridine rings is 4. The standard InChI is InChI=1S/C12H10F3N3.C7H7BF3NO2.C5H5BrN2.CH4/c1-7-9(12(13,14)15)5-8(6-17-7)10-3-2-4-11(16)18-10;1-4-6(7(9,10)11)2-5(3-12-4)8(13)14;6-4-2-1-3-5(7)8-4;/h2-6H,1H3,(H2,16,18);2-3,13-14H,1H3;1-3H,(H2,7,8);1H4. The van der Waals surface area contributed by atoms with Crippen LogP contribution in [0.15, 0.2) is 65.5 Å². The van der Waals surface area contributed by atoms with Gasteiger partial charge in [0.05, 0.1) is 16.8 Å². The minimum absolute atomic E-state index is 0. The van der Waals surface area contributed by atoms with Crippen LogP contribution in [0.2, 0.25) is 0 Å². The summed E-state index contributed by atoms with van der Waals surface area (Å²) in [7, 11) is -1.94. The Kier molecular flexibility index (Phi) is 12.7. The Morgan fingerprint density at radius 3 is 1.68 bits per heavy atom. The summed E-state index contributed by atoms with van der Waals surface area (Å²) >= 11 is 3.17. The molecule has 16 heteroatoms. The normalized spacial score (nSPS) is 10.8. The highest BCUT2D eigenvalue weighted by molar-refractivity contribution is 9.10. The van der Waals surface area contributed by atoms with Gasteiger partial charge in [-0.25, -0.2) is 9.97 Å². The third-order valence-corrected chi connectivity index (χ3v) is 5.35. The zero-order chi connectivity index (χ0) is 30.3. The van der Waals surface area contributed by atoms with E-state index in [1.807, 2.05) is 12.1 Å². The van der Waals surface area contributed by atoms with E-state index in [0.29, 0.717) is 23.1 Å². The summed E-state index contributed by atoms with van der Waals surface area (Å²) < 4.78 is 75.9. The lowest BCUT2D eigenvalue weighted by Gasteiger charge is -2.11. The average molecular weight is 647 g/mol. The molecule has 4 heterocycles. The first-order valence-corrected chi connectivity index (χ1v) is 11.8. The van der Waals surface area contributed by atoms with Gasteiger partial charge in [-0.2, -0.15) is 26.3 Å². The highest BCUT2D eigenvalue weighted by atomic mass is 79.9. The molecule has 41 heavy (non-hydrogen) atoms. The molecule has 8 nitrogen and oxygen atoms in total. The minimum Gasteiger partial charge on any atom is -0.423 e. The van der Waals surface area contributed by atoms with Crippen molar-refractivity contribution >= 4 is 40.1 Å². The maximum Gasteiger partial charge on any atom is 0.490 e. The number of nitrogens with zero attached hydrogens (tertiary/aromatic N) is 4. The van der Waals surface area contributed by atoms with Gasteiger partial charge in [-0.05, 0) is 66.2 Å². The van der Waals surface area contributed by atoms with Crippen LogP contribution in [0.4, 0.5) is 38.0 Å². The third-order valence-electron chi connectivity index (χ3n) is 4.91. The third kappa shape index (κ3) is 11.0. The Balaban J connectivity index is 0.000000325. The molecule has 0 radical (unpaired) electrons. The SMILES string of the molecule is C.Cc1ncc(-c2cccc(N)n2)cc1C(F)(F)F.Cc1ncc(B(O)O)cc1C(F)(F)F.Nc1cccc(Br)n1. The molecule has 0 amide bonds. The van der Waals surface area contributed by atoms with E-state index in [1.54, 1.807) is 24.3 Å². The summed E-state index contributed by atoms with van der Waals surface area (Å²) in [5, 5.41) is 17.3. The Morgan fingerprint density at radius 1 is 0.756 bits per heavy atom. The molecule has 0 bridgehead atoms. The monoisotopic (exact) mass is 646 g/mol. The zero-order valence-corrected chi connectivity index (χ0v) is 22.4. The van der Waals surface area contributed by atoms with Gasteiger partial charge in [-0.15, -0.1) is 0 Å². The van der Waals surface area contributed by atoms with E-state index in [-0.39, 0.29) is 30.1 Å².